The number of hydrogen-bond acceptors (Lipinski definition) is 15. The molecule has 2 heterocycles. The van der Waals surface area contributed by atoms with Crippen LogP contribution < -0.4 is 10.6 Å². The summed E-state index contributed by atoms with van der Waals surface area (Å²) in [6.45, 7) is 6.82. The maximum absolute atomic E-state index is 13.9. The fourth-order valence-corrected chi connectivity index (χ4v) is 10.4. The van der Waals surface area contributed by atoms with E-state index in [9.17, 15) is 54.3 Å². The first-order chi connectivity index (χ1) is 35.6. The number of phosphoric ester groups is 1. The summed E-state index contributed by atoms with van der Waals surface area (Å²) in [4.78, 5) is 59.6. The highest BCUT2D eigenvalue weighted by Gasteiger charge is 2.51. The van der Waals surface area contributed by atoms with E-state index in [4.69, 9.17) is 28.2 Å². The molecule has 12 atom stereocenters. The van der Waals surface area contributed by atoms with E-state index in [2.05, 4.69) is 31.4 Å². The number of hydrogen-bond donors (Lipinski definition) is 9. The molecule has 0 saturated carbocycles. The molecule has 0 spiro atoms. The van der Waals surface area contributed by atoms with Gasteiger partial charge in [0.2, 0.25) is 11.8 Å². The summed E-state index contributed by atoms with van der Waals surface area (Å²) in [6, 6.07) is -2.85. The SMILES string of the molecule is CCCCCCCCCCCC(=O)O[C@H](CCCCCCCCCCC)CC(=O)N[C@@H]1C(OCC2OC(OCC)[C@@H](NC(=O)C[C@H](O)CCCCCCCCCCC)[C@@H](O)[C@@H]2O)OC(CO)[C@@H](OP(=O)(O)O)[C@@H]1O. The molecular formula is C54H103N2O17P. The van der Waals surface area contributed by atoms with Gasteiger partial charge in [0.1, 0.15) is 54.8 Å². The molecule has 20 heteroatoms. The minimum Gasteiger partial charge on any atom is -0.462 e. The molecule has 19 nitrogen and oxygen atoms in total. The minimum absolute atomic E-state index is 0.0779. The Morgan fingerprint density at radius 1 is 0.554 bits per heavy atom. The van der Waals surface area contributed by atoms with Crippen molar-refractivity contribution < 1.29 is 82.5 Å². The number of unbranched alkanes of at least 4 members (excludes halogenated alkanes) is 24. The molecule has 436 valence electrons. The van der Waals surface area contributed by atoms with Gasteiger partial charge < -0.3 is 69.6 Å². The second kappa shape index (κ2) is 41.2. The van der Waals surface area contributed by atoms with Crippen LogP contribution in [0, 0.1) is 0 Å². The second-order valence-corrected chi connectivity index (χ2v) is 22.0. The Labute approximate surface area is 443 Å². The fourth-order valence-electron chi connectivity index (χ4n) is 9.78. The summed E-state index contributed by atoms with van der Waals surface area (Å²) >= 11 is 0. The lowest BCUT2D eigenvalue weighted by atomic mass is 9.95. The Balaban J connectivity index is 2.14. The zero-order valence-electron chi connectivity index (χ0n) is 45.8. The molecule has 0 aliphatic carbocycles. The summed E-state index contributed by atoms with van der Waals surface area (Å²) in [6.07, 6.45) is 15.0. The van der Waals surface area contributed by atoms with E-state index in [0.29, 0.717) is 25.7 Å². The van der Waals surface area contributed by atoms with Crippen LogP contribution in [0.2, 0.25) is 0 Å². The van der Waals surface area contributed by atoms with Crippen LogP contribution in [-0.2, 0) is 47.2 Å². The number of phosphoric acid groups is 1. The molecule has 2 amide bonds. The number of esters is 1. The van der Waals surface area contributed by atoms with Crippen LogP contribution in [0.3, 0.4) is 0 Å². The lowest BCUT2D eigenvalue weighted by molar-refractivity contribution is -0.302. The largest absolute Gasteiger partial charge is 0.470 e. The first kappa shape index (κ1) is 68.3. The van der Waals surface area contributed by atoms with E-state index in [1.54, 1.807) is 6.92 Å². The highest BCUT2D eigenvalue weighted by molar-refractivity contribution is 7.46. The van der Waals surface area contributed by atoms with Gasteiger partial charge in [-0.15, -0.1) is 0 Å². The number of amides is 2. The van der Waals surface area contributed by atoms with Crippen molar-refractivity contribution in [2.24, 2.45) is 0 Å². The van der Waals surface area contributed by atoms with Gasteiger partial charge in [-0.2, -0.15) is 0 Å². The van der Waals surface area contributed by atoms with E-state index in [-0.39, 0.29) is 25.9 Å². The third-order valence-electron chi connectivity index (χ3n) is 14.1. The normalized spacial score (nSPS) is 25.1. The number of carbonyl (C=O) groups is 3. The number of ether oxygens (including phenoxy) is 5. The standard InChI is InChI=1S/C54H103N2O17P/c1-5-9-12-15-18-21-24-27-30-33-40(58)36-44(59)55-47-50(63)49(62)43(72-53(47)68-8-4)39-69-54-48(51(64)52(42(38-57)71-54)73-74(65,66)67)56-45(60)37-41(34-31-28-25-22-19-16-13-10-6-2)70-46(61)35-32-29-26-23-20-17-14-11-7-3/h40-43,47-54,57-58,62-64H,5-39H2,1-4H3,(H,55,59)(H,56,60)(H2,65,66,67)/t40-,41-,42?,43?,47+,48+,49-,50-,51-,52-,53?,54?/m1/s1. The summed E-state index contributed by atoms with van der Waals surface area (Å²) in [5.74, 6) is -1.72. The second-order valence-electron chi connectivity index (χ2n) is 20.8. The fraction of sp³-hybridized carbons (Fsp3) is 0.944. The van der Waals surface area contributed by atoms with Gasteiger partial charge in [-0.25, -0.2) is 4.57 Å². The van der Waals surface area contributed by atoms with Crippen LogP contribution in [0.5, 0.6) is 0 Å². The molecule has 2 saturated heterocycles. The van der Waals surface area contributed by atoms with Gasteiger partial charge >= 0.3 is 13.8 Å². The summed E-state index contributed by atoms with van der Waals surface area (Å²) in [5, 5.41) is 60.3. The van der Waals surface area contributed by atoms with Gasteiger partial charge in [0, 0.05) is 13.0 Å². The maximum Gasteiger partial charge on any atom is 0.470 e. The van der Waals surface area contributed by atoms with Crippen LogP contribution in [0.25, 0.3) is 0 Å². The Bertz CT molecular complexity index is 1500. The molecular weight excluding hydrogens is 980 g/mol. The molecule has 0 aromatic heterocycles. The molecule has 2 aliphatic rings. The van der Waals surface area contributed by atoms with E-state index in [1.165, 1.54) is 89.9 Å². The lowest BCUT2D eigenvalue weighted by Crippen LogP contribution is -2.67. The number of nitrogens with one attached hydrogen (secondary N) is 2. The monoisotopic (exact) mass is 1080 g/mol. The van der Waals surface area contributed by atoms with Gasteiger partial charge in [-0.1, -0.05) is 181 Å². The Kier molecular flexibility index (Phi) is 38.0. The first-order valence-corrected chi connectivity index (χ1v) is 30.5. The average Bonchev–Trinajstić information content (AvgIpc) is 3.35. The van der Waals surface area contributed by atoms with Crippen molar-refractivity contribution in [3.8, 4) is 0 Å². The summed E-state index contributed by atoms with van der Waals surface area (Å²) in [7, 11) is -5.30. The quantitative estimate of drug-likeness (QED) is 0.0159. The zero-order chi connectivity index (χ0) is 54.6. The Morgan fingerprint density at radius 2 is 0.986 bits per heavy atom. The first-order valence-electron chi connectivity index (χ1n) is 29.0. The topological polar surface area (TPSA) is 289 Å². The molecule has 0 radical (unpaired) electrons. The van der Waals surface area contributed by atoms with Crippen molar-refractivity contribution in [2.75, 3.05) is 19.8 Å². The smallest absolute Gasteiger partial charge is 0.462 e. The van der Waals surface area contributed by atoms with E-state index in [0.717, 1.165) is 70.6 Å². The van der Waals surface area contributed by atoms with Crippen molar-refractivity contribution in [3.63, 3.8) is 0 Å². The van der Waals surface area contributed by atoms with E-state index in [1.807, 2.05) is 0 Å². The molecule has 4 unspecified atom stereocenters. The van der Waals surface area contributed by atoms with Crippen molar-refractivity contribution in [1.29, 1.82) is 0 Å². The van der Waals surface area contributed by atoms with Gasteiger partial charge in [0.15, 0.2) is 12.6 Å². The van der Waals surface area contributed by atoms with Crippen LogP contribution in [0.4, 0.5) is 0 Å². The number of aliphatic hydroxyl groups is 5. The van der Waals surface area contributed by atoms with Crippen molar-refractivity contribution in [2.45, 2.75) is 307 Å². The lowest BCUT2D eigenvalue weighted by Gasteiger charge is -2.45. The van der Waals surface area contributed by atoms with Crippen molar-refractivity contribution >= 4 is 25.6 Å². The van der Waals surface area contributed by atoms with Gasteiger partial charge in [0.25, 0.3) is 0 Å². The van der Waals surface area contributed by atoms with Crippen molar-refractivity contribution in [1.82, 2.24) is 10.6 Å². The molecule has 0 aromatic carbocycles. The predicted octanol–water partition coefficient (Wildman–Crippen LogP) is 7.83. The molecule has 2 rings (SSSR count). The Hall–Kier alpha value is -1.84. The van der Waals surface area contributed by atoms with Crippen molar-refractivity contribution in [3.05, 3.63) is 0 Å². The van der Waals surface area contributed by atoms with Crippen LogP contribution >= 0.6 is 7.82 Å². The van der Waals surface area contributed by atoms with E-state index < -0.39 is 112 Å². The highest BCUT2D eigenvalue weighted by Crippen LogP contribution is 2.41. The zero-order valence-corrected chi connectivity index (χ0v) is 46.7. The molecule has 9 N–H and O–H groups in total. The van der Waals surface area contributed by atoms with E-state index >= 15 is 0 Å². The third-order valence-corrected chi connectivity index (χ3v) is 14.6. The predicted molar refractivity (Wildman–Crippen MR) is 281 cm³/mol. The summed E-state index contributed by atoms with van der Waals surface area (Å²) in [5.41, 5.74) is 0. The maximum atomic E-state index is 13.9. The number of carbonyl (C=O) groups excluding carboxylic acids is 3. The number of rotatable bonds is 45. The third kappa shape index (κ3) is 29.8. The molecule has 74 heavy (non-hydrogen) atoms. The summed E-state index contributed by atoms with van der Waals surface area (Å²) < 4.78 is 46.4. The van der Waals surface area contributed by atoms with Gasteiger partial charge in [-0.3, -0.25) is 18.9 Å². The highest BCUT2D eigenvalue weighted by atomic mass is 31.2. The Morgan fingerprint density at radius 3 is 1.47 bits per heavy atom. The molecule has 2 fully saturated rings. The molecule has 2 aliphatic heterocycles. The van der Waals surface area contributed by atoms with Gasteiger partial charge in [-0.05, 0) is 32.6 Å². The van der Waals surface area contributed by atoms with Crippen LogP contribution in [0.15, 0.2) is 0 Å². The number of aliphatic hydroxyl groups excluding tert-OH is 5. The average molecular weight is 1080 g/mol. The van der Waals surface area contributed by atoms with Crippen LogP contribution in [-0.4, -0.2) is 146 Å². The van der Waals surface area contributed by atoms with Crippen LogP contribution in [0.1, 0.15) is 233 Å². The molecule has 0 bridgehead atoms. The minimum atomic E-state index is -5.30. The molecule has 0 aromatic rings. The van der Waals surface area contributed by atoms with Gasteiger partial charge in [0.05, 0.1) is 32.2 Å².